The second kappa shape index (κ2) is 9.96. The van der Waals surface area contributed by atoms with E-state index in [1.165, 1.54) is 12.1 Å². The van der Waals surface area contributed by atoms with Gasteiger partial charge < -0.3 is 20.1 Å². The molecule has 0 bridgehead atoms. The molecule has 1 amide bonds. The second-order valence-corrected chi connectivity index (χ2v) is 8.19. The normalized spacial score (nSPS) is 20.4. The van der Waals surface area contributed by atoms with Crippen LogP contribution in [0.1, 0.15) is 17.5 Å². The smallest absolute Gasteiger partial charge is 0.404 e. The second-order valence-electron chi connectivity index (χ2n) is 8.19. The Morgan fingerprint density at radius 2 is 1.63 bits per heavy atom. The van der Waals surface area contributed by atoms with Crippen molar-refractivity contribution in [2.24, 2.45) is 5.73 Å². The highest BCUT2D eigenvalue weighted by molar-refractivity contribution is 5.64. The zero-order valence-corrected chi connectivity index (χ0v) is 17.4. The summed E-state index contributed by atoms with van der Waals surface area (Å²) in [5, 5.41) is 0. The van der Waals surface area contributed by atoms with Crippen LogP contribution >= 0.6 is 0 Å². The predicted octanol–water partition coefficient (Wildman–Crippen LogP) is 2.85. The summed E-state index contributed by atoms with van der Waals surface area (Å²) in [6.07, 6.45) is 1.95. The molecular formula is C24H31N3O3. The molecule has 2 aromatic rings. The molecular weight excluding hydrogens is 378 g/mol. The number of carbonyl (C=O) groups is 1. The summed E-state index contributed by atoms with van der Waals surface area (Å²) >= 11 is 0. The van der Waals surface area contributed by atoms with E-state index in [-0.39, 0.29) is 6.10 Å². The Kier molecular flexibility index (Phi) is 6.87. The van der Waals surface area contributed by atoms with E-state index in [1.54, 1.807) is 0 Å². The van der Waals surface area contributed by atoms with Gasteiger partial charge in [-0.05, 0) is 29.7 Å². The molecule has 2 aliphatic heterocycles. The molecule has 30 heavy (non-hydrogen) atoms. The minimum Gasteiger partial charge on any atom is -0.446 e. The van der Waals surface area contributed by atoms with Crippen LogP contribution in [0.15, 0.2) is 54.6 Å². The molecule has 2 atom stereocenters. The summed E-state index contributed by atoms with van der Waals surface area (Å²) in [6.45, 7) is 6.21. The van der Waals surface area contributed by atoms with Gasteiger partial charge in [-0.1, -0.05) is 42.5 Å². The van der Waals surface area contributed by atoms with Crippen LogP contribution in [0.3, 0.4) is 0 Å². The van der Waals surface area contributed by atoms with E-state index in [1.807, 2.05) is 30.3 Å². The van der Waals surface area contributed by atoms with Crippen molar-refractivity contribution in [1.29, 1.82) is 0 Å². The van der Waals surface area contributed by atoms with Gasteiger partial charge in [-0.2, -0.15) is 0 Å². The highest BCUT2D eigenvalue weighted by atomic mass is 16.6. The van der Waals surface area contributed by atoms with Crippen LogP contribution in [-0.4, -0.2) is 62.5 Å². The van der Waals surface area contributed by atoms with Gasteiger partial charge in [0.05, 0.1) is 6.10 Å². The van der Waals surface area contributed by atoms with E-state index in [0.29, 0.717) is 18.9 Å². The van der Waals surface area contributed by atoms with Crippen LogP contribution in [0.5, 0.6) is 0 Å². The van der Waals surface area contributed by atoms with Gasteiger partial charge in [0, 0.05) is 57.9 Å². The number of piperazine rings is 1. The molecule has 2 aliphatic rings. The molecule has 0 spiro atoms. The van der Waals surface area contributed by atoms with E-state index in [9.17, 15) is 4.79 Å². The first-order valence-electron chi connectivity index (χ1n) is 10.8. The third kappa shape index (κ3) is 5.74. The minimum atomic E-state index is -0.724. The van der Waals surface area contributed by atoms with Crippen molar-refractivity contribution in [3.05, 3.63) is 65.7 Å². The lowest BCUT2D eigenvalue weighted by molar-refractivity contribution is -0.0671. The molecule has 2 N–H and O–H groups in total. The maximum absolute atomic E-state index is 11.3. The number of rotatable bonds is 8. The molecule has 0 radical (unpaired) electrons. The van der Waals surface area contributed by atoms with Crippen LogP contribution in [0, 0.1) is 0 Å². The Labute approximate surface area is 178 Å². The van der Waals surface area contributed by atoms with E-state index in [0.717, 1.165) is 50.5 Å². The molecule has 2 aromatic carbocycles. The molecule has 6 heteroatoms. The number of hydrogen-bond donors (Lipinski definition) is 1. The van der Waals surface area contributed by atoms with E-state index < -0.39 is 6.09 Å². The highest BCUT2D eigenvalue weighted by Crippen LogP contribution is 2.21. The van der Waals surface area contributed by atoms with Crippen LogP contribution in [-0.2, 0) is 22.3 Å². The van der Waals surface area contributed by atoms with E-state index in [2.05, 4.69) is 34.1 Å². The van der Waals surface area contributed by atoms with Crippen molar-refractivity contribution in [2.45, 2.75) is 31.5 Å². The minimum absolute atomic E-state index is 0.270. The Bertz CT molecular complexity index is 800. The van der Waals surface area contributed by atoms with Crippen LogP contribution in [0.2, 0.25) is 0 Å². The van der Waals surface area contributed by atoms with Crippen molar-refractivity contribution in [2.75, 3.05) is 44.2 Å². The molecule has 0 aliphatic carbocycles. The average Bonchev–Trinajstić information content (AvgIpc) is 2.72. The van der Waals surface area contributed by atoms with Gasteiger partial charge in [-0.15, -0.1) is 0 Å². The van der Waals surface area contributed by atoms with E-state index >= 15 is 0 Å². The fraction of sp³-hybridized carbons (Fsp3) is 0.458. The highest BCUT2D eigenvalue weighted by Gasteiger charge is 2.24. The molecule has 4 rings (SSSR count). The maximum atomic E-state index is 11.3. The Balaban J connectivity index is 1.31. The van der Waals surface area contributed by atoms with Crippen molar-refractivity contribution < 1.29 is 14.3 Å². The molecule has 6 nitrogen and oxygen atoms in total. The first-order valence-corrected chi connectivity index (χ1v) is 10.8. The topological polar surface area (TPSA) is 68.0 Å². The number of primary amides is 1. The molecule has 2 fully saturated rings. The Hall–Kier alpha value is -2.57. The summed E-state index contributed by atoms with van der Waals surface area (Å²) in [6, 6.07) is 18.6. The SMILES string of the molecule is NC(=O)OC(Cc1ccccc1)Cc1ccc(N2CCN(CC3CCO3)CC2)cc1. The van der Waals surface area contributed by atoms with Gasteiger partial charge in [0.15, 0.2) is 0 Å². The Morgan fingerprint density at radius 3 is 2.20 bits per heavy atom. The lowest BCUT2D eigenvalue weighted by Crippen LogP contribution is -2.50. The summed E-state index contributed by atoms with van der Waals surface area (Å²) in [5.74, 6) is 0. The number of anilines is 1. The van der Waals surface area contributed by atoms with Crippen molar-refractivity contribution >= 4 is 11.8 Å². The summed E-state index contributed by atoms with van der Waals surface area (Å²) in [7, 11) is 0. The zero-order chi connectivity index (χ0) is 20.8. The summed E-state index contributed by atoms with van der Waals surface area (Å²) in [4.78, 5) is 16.3. The Morgan fingerprint density at radius 1 is 1.00 bits per heavy atom. The summed E-state index contributed by atoms with van der Waals surface area (Å²) in [5.41, 5.74) is 8.81. The molecule has 0 saturated carbocycles. The van der Waals surface area contributed by atoms with E-state index in [4.69, 9.17) is 15.2 Å². The van der Waals surface area contributed by atoms with Gasteiger partial charge in [0.1, 0.15) is 6.10 Å². The number of amides is 1. The fourth-order valence-corrected chi connectivity index (χ4v) is 4.21. The number of nitrogens with zero attached hydrogens (tertiary/aromatic N) is 2. The largest absolute Gasteiger partial charge is 0.446 e. The van der Waals surface area contributed by atoms with Gasteiger partial charge in [0.25, 0.3) is 0 Å². The van der Waals surface area contributed by atoms with Gasteiger partial charge in [0.2, 0.25) is 0 Å². The molecule has 160 valence electrons. The monoisotopic (exact) mass is 409 g/mol. The van der Waals surface area contributed by atoms with Crippen molar-refractivity contribution in [3.63, 3.8) is 0 Å². The predicted molar refractivity (Wildman–Crippen MR) is 118 cm³/mol. The lowest BCUT2D eigenvalue weighted by Gasteiger charge is -2.39. The maximum Gasteiger partial charge on any atom is 0.404 e. The van der Waals surface area contributed by atoms with Crippen LogP contribution < -0.4 is 10.6 Å². The quantitative estimate of drug-likeness (QED) is 0.726. The summed E-state index contributed by atoms with van der Waals surface area (Å²) < 4.78 is 10.9. The van der Waals surface area contributed by atoms with Crippen LogP contribution in [0.4, 0.5) is 10.5 Å². The average molecular weight is 410 g/mol. The number of ether oxygens (including phenoxy) is 2. The fourth-order valence-electron chi connectivity index (χ4n) is 4.21. The van der Waals surface area contributed by atoms with Crippen molar-refractivity contribution in [1.82, 2.24) is 4.90 Å². The third-order valence-corrected chi connectivity index (χ3v) is 5.98. The van der Waals surface area contributed by atoms with Crippen molar-refractivity contribution in [3.8, 4) is 0 Å². The first-order chi connectivity index (χ1) is 14.7. The molecule has 2 heterocycles. The number of hydrogen-bond acceptors (Lipinski definition) is 5. The first kappa shape index (κ1) is 20.7. The van der Waals surface area contributed by atoms with Gasteiger partial charge >= 0.3 is 6.09 Å². The molecule has 0 aromatic heterocycles. The number of benzene rings is 2. The molecule has 2 unspecified atom stereocenters. The standard InChI is InChI=1S/C24H31N3O3/c25-24(28)30-23(16-19-4-2-1-3-5-19)17-20-6-8-21(9-7-20)27-13-11-26(12-14-27)18-22-10-15-29-22/h1-9,22-23H,10-18H2,(H2,25,28). The lowest BCUT2D eigenvalue weighted by atomic mass is 10.0. The zero-order valence-electron chi connectivity index (χ0n) is 17.4. The third-order valence-electron chi connectivity index (χ3n) is 5.98. The van der Waals surface area contributed by atoms with Gasteiger partial charge in [-0.25, -0.2) is 4.79 Å². The van der Waals surface area contributed by atoms with Gasteiger partial charge in [-0.3, -0.25) is 4.90 Å². The molecule has 2 saturated heterocycles. The van der Waals surface area contributed by atoms with Crippen LogP contribution in [0.25, 0.3) is 0 Å². The number of carbonyl (C=O) groups excluding carboxylic acids is 1. The number of nitrogens with two attached hydrogens (primary N) is 1.